The number of nitrogens with zero attached hydrogens (tertiary/aromatic N) is 4. The summed E-state index contributed by atoms with van der Waals surface area (Å²) in [6.07, 6.45) is 0. The molecule has 9 aromatic carbocycles. The largest absolute Gasteiger partial charge is 0.278 e. The molecule has 296 valence electrons. The van der Waals surface area contributed by atoms with Gasteiger partial charge in [-0.1, -0.05) is 206 Å². The van der Waals surface area contributed by atoms with Crippen LogP contribution in [0.3, 0.4) is 0 Å². The summed E-state index contributed by atoms with van der Waals surface area (Å²) < 4.78 is 4.84. The molecule has 0 unspecified atom stereocenters. The van der Waals surface area contributed by atoms with Gasteiger partial charge in [0.1, 0.15) is 0 Å². The van der Waals surface area contributed by atoms with Gasteiger partial charge in [0.25, 0.3) is 0 Å². The van der Waals surface area contributed by atoms with Crippen LogP contribution in [-0.2, 0) is 0 Å². The van der Waals surface area contributed by atoms with Crippen molar-refractivity contribution in [1.29, 1.82) is 0 Å². The third-order valence-electron chi connectivity index (χ3n) is 12.4. The van der Waals surface area contributed by atoms with E-state index in [1.54, 1.807) is 0 Å². The van der Waals surface area contributed by atoms with Crippen molar-refractivity contribution in [2.75, 3.05) is 0 Å². The zero-order chi connectivity index (χ0) is 41.7. The summed E-state index contributed by atoms with van der Waals surface area (Å²) in [7, 11) is -3.11. The Morgan fingerprint density at radius 2 is 0.841 bits per heavy atom. The third-order valence-corrected chi connectivity index (χ3v) is 18.4. The van der Waals surface area contributed by atoms with E-state index in [1.807, 2.05) is 47.7 Å². The fourth-order valence-electron chi connectivity index (χ4n) is 9.80. The van der Waals surface area contributed by atoms with Crippen LogP contribution in [0.1, 0.15) is 0 Å². The molecule has 0 N–H and O–H groups in total. The fraction of sp³-hybridized carbons (Fsp3) is 0. The molecule has 63 heavy (non-hydrogen) atoms. The summed E-state index contributed by atoms with van der Waals surface area (Å²) in [4.78, 5) is 15.5. The summed E-state index contributed by atoms with van der Waals surface area (Å²) in [6, 6.07) is 83.5. The van der Waals surface area contributed by atoms with Crippen LogP contribution in [0.5, 0.6) is 0 Å². The summed E-state index contributed by atoms with van der Waals surface area (Å²) in [5, 5.41) is 10.4. The van der Waals surface area contributed by atoms with Crippen molar-refractivity contribution in [3.8, 4) is 39.9 Å². The quantitative estimate of drug-likeness (QED) is 0.113. The van der Waals surface area contributed by atoms with Gasteiger partial charge in [0.2, 0.25) is 5.95 Å². The molecular weight excluding hydrogens is 801 g/mol. The Morgan fingerprint density at radius 1 is 0.349 bits per heavy atom. The van der Waals surface area contributed by atoms with E-state index in [4.69, 9.17) is 15.0 Å². The van der Waals surface area contributed by atoms with Crippen LogP contribution >= 0.6 is 11.3 Å². The molecule has 0 fully saturated rings. The van der Waals surface area contributed by atoms with E-state index >= 15 is 0 Å². The first kappa shape index (κ1) is 37.0. The molecule has 0 atom stereocenters. The number of hydrogen-bond donors (Lipinski definition) is 0. The first-order valence-electron chi connectivity index (χ1n) is 21.3. The molecule has 0 aliphatic carbocycles. The second-order valence-electron chi connectivity index (χ2n) is 15.9. The van der Waals surface area contributed by atoms with E-state index in [2.05, 4.69) is 199 Å². The lowest BCUT2D eigenvalue weighted by atomic mass is 9.99. The molecule has 0 spiro atoms. The van der Waals surface area contributed by atoms with Crippen LogP contribution in [0.2, 0.25) is 0 Å². The van der Waals surface area contributed by atoms with Gasteiger partial charge < -0.3 is 0 Å². The average molecular weight is 839 g/mol. The van der Waals surface area contributed by atoms with Gasteiger partial charge in [0, 0.05) is 42.1 Å². The number of para-hydroxylation sites is 1. The van der Waals surface area contributed by atoms with Crippen LogP contribution in [-0.4, -0.2) is 27.6 Å². The Morgan fingerprint density at radius 3 is 1.52 bits per heavy atom. The van der Waals surface area contributed by atoms with Gasteiger partial charge in [-0.2, -0.15) is 9.97 Å². The van der Waals surface area contributed by atoms with Crippen molar-refractivity contribution < 1.29 is 0 Å². The van der Waals surface area contributed by atoms with Gasteiger partial charge in [0.05, 0.1) is 11.0 Å². The highest BCUT2D eigenvalue weighted by molar-refractivity contribution is 7.27. The molecule has 0 saturated heterocycles. The fourth-order valence-corrected chi connectivity index (χ4v) is 16.2. The summed E-state index contributed by atoms with van der Waals surface area (Å²) in [6.45, 7) is 0. The normalized spacial score (nSPS) is 11.8. The van der Waals surface area contributed by atoms with Crippen molar-refractivity contribution >= 4 is 82.1 Å². The third kappa shape index (κ3) is 5.98. The second kappa shape index (κ2) is 15.3. The highest BCUT2D eigenvalue weighted by atomic mass is 32.1. The number of benzene rings is 9. The van der Waals surface area contributed by atoms with Gasteiger partial charge in [-0.3, -0.25) is 4.57 Å². The van der Waals surface area contributed by atoms with E-state index < -0.39 is 8.07 Å². The molecule has 6 heteroatoms. The number of rotatable bonds is 8. The molecule has 3 heterocycles. The molecule has 0 amide bonds. The summed E-state index contributed by atoms with van der Waals surface area (Å²) in [5.41, 5.74) is 6.32. The Bertz CT molecular complexity index is 3530. The van der Waals surface area contributed by atoms with Crippen molar-refractivity contribution in [2.24, 2.45) is 0 Å². The molecule has 0 radical (unpaired) electrons. The Balaban J connectivity index is 1.18. The predicted molar refractivity (Wildman–Crippen MR) is 267 cm³/mol. The van der Waals surface area contributed by atoms with Crippen LogP contribution in [0, 0.1) is 0 Å². The van der Waals surface area contributed by atoms with Gasteiger partial charge in [-0.05, 0) is 56.1 Å². The maximum absolute atomic E-state index is 5.25. The van der Waals surface area contributed by atoms with Crippen molar-refractivity contribution in [2.45, 2.75) is 0 Å². The highest BCUT2D eigenvalue weighted by Crippen LogP contribution is 2.39. The minimum absolute atomic E-state index is 0.577. The van der Waals surface area contributed by atoms with Gasteiger partial charge in [-0.15, -0.1) is 11.3 Å². The minimum Gasteiger partial charge on any atom is -0.278 e. The Kier molecular flexibility index (Phi) is 8.99. The molecule has 0 bridgehead atoms. The SMILES string of the molecule is c1ccc(-c2nc(-c3ccccc3)nc(-n3c4ccccc4c4c(-c5ccccc5[Si](c5ccccc5)(c5ccccc5)c5cccc6sc7ccccc7c56)cccc43)n2)cc1. The van der Waals surface area contributed by atoms with E-state index in [9.17, 15) is 0 Å². The molecule has 4 nitrogen and oxygen atoms in total. The minimum atomic E-state index is -3.11. The number of aromatic nitrogens is 4. The zero-order valence-electron chi connectivity index (χ0n) is 34.1. The standard InChI is InChI=1S/C57H38N4SSi/c1-5-21-39(22-6-1)55-58-56(40-23-7-2-8-24-40)60-57(59-55)61-47-33-16-13-30-45(47)53-44(32-19-34-48(53)61)43-29-15-18-37-51(43)63(41-25-9-3-10-26-41,42-27-11-4-12-28-42)52-38-20-36-50-54(52)46-31-14-17-35-49(46)62-50/h1-38H. The first-order valence-corrected chi connectivity index (χ1v) is 24.1. The van der Waals surface area contributed by atoms with Gasteiger partial charge in [0.15, 0.2) is 19.7 Å². The maximum Gasteiger partial charge on any atom is 0.238 e. The maximum atomic E-state index is 5.25. The predicted octanol–water partition coefficient (Wildman–Crippen LogP) is 11.7. The van der Waals surface area contributed by atoms with E-state index in [0.29, 0.717) is 17.6 Å². The van der Waals surface area contributed by atoms with Crippen molar-refractivity contribution in [1.82, 2.24) is 19.5 Å². The van der Waals surface area contributed by atoms with Crippen LogP contribution in [0.4, 0.5) is 0 Å². The topological polar surface area (TPSA) is 43.6 Å². The van der Waals surface area contributed by atoms with E-state index in [0.717, 1.165) is 32.9 Å². The van der Waals surface area contributed by atoms with E-state index in [1.165, 1.54) is 52.0 Å². The molecule has 3 aromatic heterocycles. The van der Waals surface area contributed by atoms with Crippen molar-refractivity contribution in [3.63, 3.8) is 0 Å². The lowest BCUT2D eigenvalue weighted by Crippen LogP contribution is -2.75. The zero-order valence-corrected chi connectivity index (χ0v) is 36.0. The lowest BCUT2D eigenvalue weighted by molar-refractivity contribution is 0.953. The molecule has 0 aliphatic heterocycles. The van der Waals surface area contributed by atoms with Crippen LogP contribution in [0.15, 0.2) is 231 Å². The molecule has 12 aromatic rings. The molecule has 0 saturated carbocycles. The Labute approximate surface area is 370 Å². The van der Waals surface area contributed by atoms with Crippen LogP contribution < -0.4 is 20.7 Å². The monoisotopic (exact) mass is 838 g/mol. The van der Waals surface area contributed by atoms with Crippen LogP contribution in [0.25, 0.3) is 81.8 Å². The van der Waals surface area contributed by atoms with E-state index in [-0.39, 0.29) is 0 Å². The van der Waals surface area contributed by atoms with Gasteiger partial charge >= 0.3 is 0 Å². The van der Waals surface area contributed by atoms with Gasteiger partial charge in [-0.25, -0.2) is 4.98 Å². The summed E-state index contributed by atoms with van der Waals surface area (Å²) >= 11 is 1.88. The summed E-state index contributed by atoms with van der Waals surface area (Å²) in [5.74, 6) is 1.83. The average Bonchev–Trinajstić information content (AvgIpc) is 3.92. The molecular formula is C57H38N4SSi. The molecule has 12 rings (SSSR count). The first-order chi connectivity index (χ1) is 31.3. The second-order valence-corrected chi connectivity index (χ2v) is 20.7. The number of hydrogen-bond acceptors (Lipinski definition) is 4. The lowest BCUT2D eigenvalue weighted by Gasteiger charge is -2.36. The molecule has 0 aliphatic rings. The Hall–Kier alpha value is -7.77. The highest BCUT2D eigenvalue weighted by Gasteiger charge is 2.44. The number of fused-ring (bicyclic) bond motifs is 6. The van der Waals surface area contributed by atoms with Crippen molar-refractivity contribution in [3.05, 3.63) is 231 Å². The number of thiophene rings is 1. The smallest absolute Gasteiger partial charge is 0.238 e.